The number of hydrogen-bond acceptors (Lipinski definition) is 7. The summed E-state index contributed by atoms with van der Waals surface area (Å²) in [7, 11) is -3.77. The van der Waals surface area contributed by atoms with E-state index in [9.17, 15) is 31.9 Å². The molecule has 3 aromatic rings. The highest BCUT2D eigenvalue weighted by molar-refractivity contribution is 7.91. The summed E-state index contributed by atoms with van der Waals surface area (Å²) in [5.41, 5.74) is 8.75. The number of nitrogens with two attached hydrogens (primary N) is 1. The van der Waals surface area contributed by atoms with Crippen molar-refractivity contribution in [2.75, 3.05) is 18.1 Å². The number of rotatable bonds is 16. The Bertz CT molecular complexity index is 1510. The first-order valence-corrected chi connectivity index (χ1v) is 16.4. The SMILES string of the molecule is CCCCS(=O)(=O)C[C@@H](NC(=O)c1cc(C)n[nH]1)C(=O)N(Cc1cccc(CC)c1)C[C@@H](O)[C@@H](N)Cc1cc(F)cc(F)c1. The van der Waals surface area contributed by atoms with E-state index in [1.807, 2.05) is 32.0 Å². The van der Waals surface area contributed by atoms with Gasteiger partial charge in [-0.2, -0.15) is 5.10 Å². The Balaban J connectivity index is 1.93. The lowest BCUT2D eigenvalue weighted by Crippen LogP contribution is -2.54. The lowest BCUT2D eigenvalue weighted by molar-refractivity contribution is -0.135. The van der Waals surface area contributed by atoms with Crippen molar-refractivity contribution in [3.05, 3.63) is 88.2 Å². The van der Waals surface area contributed by atoms with Crippen LogP contribution in [0.4, 0.5) is 8.78 Å². The highest BCUT2D eigenvalue weighted by Gasteiger charge is 2.33. The van der Waals surface area contributed by atoms with Crippen molar-refractivity contribution in [2.45, 2.75) is 71.2 Å². The number of aromatic amines is 1. The van der Waals surface area contributed by atoms with E-state index in [2.05, 4.69) is 15.5 Å². The Labute approximate surface area is 257 Å². The van der Waals surface area contributed by atoms with E-state index in [1.54, 1.807) is 13.0 Å². The minimum Gasteiger partial charge on any atom is -0.390 e. The van der Waals surface area contributed by atoms with Crippen molar-refractivity contribution in [2.24, 2.45) is 5.73 Å². The number of carbonyl (C=O) groups excluding carboxylic acids is 2. The predicted molar refractivity (Wildman–Crippen MR) is 163 cm³/mol. The van der Waals surface area contributed by atoms with Crippen LogP contribution in [-0.4, -0.2) is 76.7 Å². The molecule has 1 heterocycles. The highest BCUT2D eigenvalue weighted by Crippen LogP contribution is 2.16. The van der Waals surface area contributed by atoms with Gasteiger partial charge in [-0.05, 0) is 61.1 Å². The maximum atomic E-state index is 14.1. The van der Waals surface area contributed by atoms with Crippen molar-refractivity contribution in [3.63, 3.8) is 0 Å². The molecule has 0 fully saturated rings. The average molecular weight is 634 g/mol. The number of nitrogens with one attached hydrogen (secondary N) is 2. The molecule has 3 rings (SSSR count). The number of H-pyrrole nitrogens is 1. The standard InChI is InChI=1S/C31H41F2N5O5S/c1-4-6-10-44(42,43)19-28(35-30(40)27-11-20(3)36-37-27)31(41)38(17-22-9-7-8-21(5-2)12-22)18-29(39)26(34)15-23-13-24(32)16-25(33)14-23/h7-9,11-14,16,26,28-29,39H,4-6,10,15,17-19,34H2,1-3H3,(H,35,40)(H,36,37)/t26-,28+,29+/m0/s1. The van der Waals surface area contributed by atoms with Gasteiger partial charge in [-0.1, -0.05) is 44.5 Å². The summed E-state index contributed by atoms with van der Waals surface area (Å²) >= 11 is 0. The van der Waals surface area contributed by atoms with E-state index in [0.29, 0.717) is 24.1 Å². The summed E-state index contributed by atoms with van der Waals surface area (Å²) in [6.07, 6.45) is 0.295. The van der Waals surface area contributed by atoms with Gasteiger partial charge < -0.3 is 21.1 Å². The molecule has 0 saturated carbocycles. The first-order valence-electron chi connectivity index (χ1n) is 14.6. The van der Waals surface area contributed by atoms with E-state index in [0.717, 1.165) is 30.2 Å². The summed E-state index contributed by atoms with van der Waals surface area (Å²) in [6.45, 7) is 5.13. The topological polar surface area (TPSA) is 158 Å². The molecular weight excluding hydrogens is 592 g/mol. The van der Waals surface area contributed by atoms with Gasteiger partial charge in [0.25, 0.3) is 5.91 Å². The molecule has 0 aliphatic heterocycles. The van der Waals surface area contributed by atoms with Gasteiger partial charge in [0.05, 0.1) is 23.3 Å². The number of aliphatic hydroxyl groups excluding tert-OH is 1. The summed E-state index contributed by atoms with van der Waals surface area (Å²) < 4.78 is 53.5. The van der Waals surface area contributed by atoms with Crippen molar-refractivity contribution >= 4 is 21.7 Å². The lowest BCUT2D eigenvalue weighted by atomic mass is 10.0. The molecule has 0 spiro atoms. The van der Waals surface area contributed by atoms with E-state index in [-0.39, 0.29) is 36.5 Å². The lowest BCUT2D eigenvalue weighted by Gasteiger charge is -2.31. The van der Waals surface area contributed by atoms with Crippen molar-refractivity contribution in [1.29, 1.82) is 0 Å². The van der Waals surface area contributed by atoms with Crippen molar-refractivity contribution in [3.8, 4) is 0 Å². The third-order valence-electron chi connectivity index (χ3n) is 7.16. The molecule has 5 N–H and O–H groups in total. The number of aliphatic hydroxyl groups is 1. The second-order valence-corrected chi connectivity index (χ2v) is 13.3. The number of hydrogen-bond donors (Lipinski definition) is 4. The number of benzene rings is 2. The first-order chi connectivity index (χ1) is 20.8. The predicted octanol–water partition coefficient (Wildman–Crippen LogP) is 2.83. The van der Waals surface area contributed by atoms with Crippen LogP contribution < -0.4 is 11.1 Å². The molecule has 10 nitrogen and oxygen atoms in total. The third-order valence-corrected chi connectivity index (χ3v) is 8.92. The summed E-state index contributed by atoms with van der Waals surface area (Å²) in [6, 6.07) is 9.34. The number of amides is 2. The average Bonchev–Trinajstić information content (AvgIpc) is 3.40. The molecule has 240 valence electrons. The molecule has 0 bridgehead atoms. The molecule has 0 unspecified atom stereocenters. The molecular formula is C31H41F2N5O5S. The van der Waals surface area contributed by atoms with E-state index in [4.69, 9.17) is 5.73 Å². The number of aromatic nitrogens is 2. The van der Waals surface area contributed by atoms with Crippen LogP contribution in [0, 0.1) is 18.6 Å². The molecule has 44 heavy (non-hydrogen) atoms. The molecule has 0 saturated heterocycles. The van der Waals surface area contributed by atoms with Crippen LogP contribution in [0.15, 0.2) is 48.5 Å². The van der Waals surface area contributed by atoms with Gasteiger partial charge in [0.15, 0.2) is 9.84 Å². The van der Waals surface area contributed by atoms with Gasteiger partial charge in [0.1, 0.15) is 23.4 Å². The van der Waals surface area contributed by atoms with Crippen LogP contribution in [0.2, 0.25) is 0 Å². The van der Waals surface area contributed by atoms with E-state index >= 15 is 0 Å². The van der Waals surface area contributed by atoms with Gasteiger partial charge in [0.2, 0.25) is 5.91 Å². The molecule has 0 radical (unpaired) electrons. The monoisotopic (exact) mass is 633 g/mol. The van der Waals surface area contributed by atoms with Crippen LogP contribution in [0.3, 0.4) is 0 Å². The van der Waals surface area contributed by atoms with Crippen LogP contribution in [-0.2, 0) is 34.0 Å². The summed E-state index contributed by atoms with van der Waals surface area (Å²) in [5, 5.41) is 20.1. The zero-order valence-corrected chi connectivity index (χ0v) is 26.0. The molecule has 13 heteroatoms. The second-order valence-electron chi connectivity index (χ2n) is 11.0. The largest absolute Gasteiger partial charge is 0.390 e. The number of unbranched alkanes of at least 4 members (excludes halogenated alkanes) is 1. The van der Waals surface area contributed by atoms with Crippen LogP contribution in [0.25, 0.3) is 0 Å². The van der Waals surface area contributed by atoms with Crippen molar-refractivity contribution in [1.82, 2.24) is 20.4 Å². The minimum absolute atomic E-state index is 0.0183. The van der Waals surface area contributed by atoms with E-state index < -0.39 is 57.2 Å². The molecule has 2 amide bonds. The van der Waals surface area contributed by atoms with Gasteiger partial charge in [0, 0.05) is 25.2 Å². The second kappa shape index (κ2) is 15.9. The Morgan fingerprint density at radius 3 is 2.36 bits per heavy atom. The zero-order chi connectivity index (χ0) is 32.4. The first kappa shape index (κ1) is 34.8. The van der Waals surface area contributed by atoms with Gasteiger partial charge in [-0.3, -0.25) is 14.7 Å². The Morgan fingerprint density at radius 2 is 1.75 bits per heavy atom. The fourth-order valence-electron chi connectivity index (χ4n) is 4.77. The highest BCUT2D eigenvalue weighted by atomic mass is 32.2. The molecule has 2 aromatic carbocycles. The van der Waals surface area contributed by atoms with Crippen LogP contribution in [0.1, 0.15) is 59.6 Å². The number of aryl methyl sites for hydroxylation is 2. The number of sulfone groups is 1. The summed E-state index contributed by atoms with van der Waals surface area (Å²) in [4.78, 5) is 28.4. The number of carbonyl (C=O) groups is 2. The van der Waals surface area contributed by atoms with E-state index in [1.165, 1.54) is 11.0 Å². The normalized spacial score (nSPS) is 13.7. The fourth-order valence-corrected chi connectivity index (χ4v) is 6.40. The van der Waals surface area contributed by atoms with Gasteiger partial charge in [-0.15, -0.1) is 0 Å². The maximum Gasteiger partial charge on any atom is 0.269 e. The van der Waals surface area contributed by atoms with Gasteiger partial charge in [-0.25, -0.2) is 17.2 Å². The maximum absolute atomic E-state index is 14.1. The number of nitrogens with zero attached hydrogens (tertiary/aromatic N) is 2. The van der Waals surface area contributed by atoms with Crippen LogP contribution in [0.5, 0.6) is 0 Å². The summed E-state index contributed by atoms with van der Waals surface area (Å²) in [5.74, 6) is -3.84. The molecule has 0 aliphatic carbocycles. The van der Waals surface area contributed by atoms with Gasteiger partial charge >= 0.3 is 0 Å². The zero-order valence-electron chi connectivity index (χ0n) is 25.2. The molecule has 0 aliphatic rings. The third kappa shape index (κ3) is 10.5. The molecule has 1 aromatic heterocycles. The van der Waals surface area contributed by atoms with Crippen LogP contribution >= 0.6 is 0 Å². The Morgan fingerprint density at radius 1 is 1.07 bits per heavy atom. The van der Waals surface area contributed by atoms with Crippen molar-refractivity contribution < 1.29 is 31.9 Å². The number of halogens is 2. The molecule has 3 atom stereocenters. The fraction of sp³-hybridized carbons (Fsp3) is 0.452. The Hall–Kier alpha value is -3.68. The minimum atomic E-state index is -3.77. The quantitative estimate of drug-likeness (QED) is 0.189. The Kier molecular flexibility index (Phi) is 12.6. The smallest absolute Gasteiger partial charge is 0.269 e.